The smallest absolute Gasteiger partial charge is 0.151 e. The van der Waals surface area contributed by atoms with Crippen molar-refractivity contribution in [3.63, 3.8) is 0 Å². The zero-order chi connectivity index (χ0) is 14.2. The molecule has 5 nitrogen and oxygen atoms in total. The predicted octanol–water partition coefficient (Wildman–Crippen LogP) is 0.379. The molecular formula is C13H26O5. The fraction of sp³-hybridized carbons (Fsp3) is 0.923. The Labute approximate surface area is 108 Å². The van der Waals surface area contributed by atoms with E-state index in [4.69, 9.17) is 0 Å². The van der Waals surface area contributed by atoms with Gasteiger partial charge in [0.05, 0.1) is 5.60 Å². The summed E-state index contributed by atoms with van der Waals surface area (Å²) in [6.45, 7) is 3.92. The van der Waals surface area contributed by atoms with Crippen LogP contribution in [0.4, 0.5) is 0 Å². The molecule has 0 heterocycles. The van der Waals surface area contributed by atoms with Gasteiger partial charge in [-0.05, 0) is 12.8 Å². The van der Waals surface area contributed by atoms with Crippen molar-refractivity contribution < 1.29 is 25.2 Å². The van der Waals surface area contributed by atoms with Gasteiger partial charge in [0.2, 0.25) is 0 Å². The molecule has 5 heteroatoms. The van der Waals surface area contributed by atoms with E-state index in [0.717, 1.165) is 12.8 Å². The normalized spacial score (nSPS) is 17.2. The summed E-state index contributed by atoms with van der Waals surface area (Å²) < 4.78 is 0. The summed E-state index contributed by atoms with van der Waals surface area (Å²) in [6.07, 6.45) is -0.871. The lowest BCUT2D eigenvalue weighted by Gasteiger charge is -2.36. The van der Waals surface area contributed by atoms with Gasteiger partial charge < -0.3 is 25.2 Å². The van der Waals surface area contributed by atoms with E-state index in [-0.39, 0.29) is 6.29 Å². The lowest BCUT2D eigenvalue weighted by molar-refractivity contribution is -0.162. The second kappa shape index (κ2) is 8.58. The van der Waals surface area contributed by atoms with Crippen LogP contribution in [0.25, 0.3) is 0 Å². The molecule has 0 aliphatic carbocycles. The number of carbonyl (C=O) groups is 1. The minimum atomic E-state index is -1.67. The molecule has 0 radical (unpaired) electrons. The SMILES string of the molecule is CCCCC(O)(CCCC)[C@@H](O)[C@H](O)[C@@H](O)C=O. The molecular weight excluding hydrogens is 236 g/mol. The van der Waals surface area contributed by atoms with Gasteiger partial charge in [-0.15, -0.1) is 0 Å². The van der Waals surface area contributed by atoms with Crippen molar-refractivity contribution in [3.05, 3.63) is 0 Å². The van der Waals surface area contributed by atoms with Crippen LogP contribution in [0.5, 0.6) is 0 Å². The summed E-state index contributed by atoms with van der Waals surface area (Å²) in [5.41, 5.74) is -1.45. The summed E-state index contributed by atoms with van der Waals surface area (Å²) in [7, 11) is 0. The summed E-state index contributed by atoms with van der Waals surface area (Å²) >= 11 is 0. The van der Waals surface area contributed by atoms with E-state index in [2.05, 4.69) is 0 Å². The molecule has 0 aromatic carbocycles. The molecule has 0 saturated carbocycles. The van der Waals surface area contributed by atoms with E-state index in [1.807, 2.05) is 13.8 Å². The molecule has 0 unspecified atom stereocenters. The van der Waals surface area contributed by atoms with Gasteiger partial charge in [0.15, 0.2) is 6.29 Å². The van der Waals surface area contributed by atoms with Gasteiger partial charge in [-0.3, -0.25) is 0 Å². The molecule has 18 heavy (non-hydrogen) atoms. The quantitative estimate of drug-likeness (QED) is 0.427. The van der Waals surface area contributed by atoms with Gasteiger partial charge in [-0.1, -0.05) is 39.5 Å². The topological polar surface area (TPSA) is 98.0 Å². The highest BCUT2D eigenvalue weighted by atomic mass is 16.4. The Morgan fingerprint density at radius 3 is 1.83 bits per heavy atom. The first-order valence-electron chi connectivity index (χ1n) is 6.64. The van der Waals surface area contributed by atoms with Crippen LogP contribution in [0.3, 0.4) is 0 Å². The molecule has 0 rings (SSSR count). The average Bonchev–Trinajstić information content (AvgIpc) is 2.40. The average molecular weight is 262 g/mol. The third-order valence-corrected chi connectivity index (χ3v) is 3.29. The van der Waals surface area contributed by atoms with Crippen LogP contribution in [0.2, 0.25) is 0 Å². The second-order valence-electron chi connectivity index (χ2n) is 4.87. The number of aliphatic hydroxyl groups is 4. The summed E-state index contributed by atoms with van der Waals surface area (Å²) in [6, 6.07) is 0. The number of carbonyl (C=O) groups excluding carboxylic acids is 1. The number of hydrogen-bond donors (Lipinski definition) is 4. The lowest BCUT2D eigenvalue weighted by atomic mass is 9.82. The van der Waals surface area contributed by atoms with E-state index in [9.17, 15) is 25.2 Å². The Kier molecular flexibility index (Phi) is 8.35. The van der Waals surface area contributed by atoms with E-state index in [1.165, 1.54) is 0 Å². The third kappa shape index (κ3) is 5.02. The van der Waals surface area contributed by atoms with E-state index >= 15 is 0 Å². The monoisotopic (exact) mass is 262 g/mol. The van der Waals surface area contributed by atoms with Crippen LogP contribution in [0.15, 0.2) is 0 Å². The van der Waals surface area contributed by atoms with Crippen LogP contribution in [0, 0.1) is 0 Å². The number of hydrogen-bond acceptors (Lipinski definition) is 5. The maximum atomic E-state index is 10.4. The van der Waals surface area contributed by atoms with Crippen molar-refractivity contribution in [3.8, 4) is 0 Å². The molecule has 108 valence electrons. The van der Waals surface area contributed by atoms with Crippen LogP contribution in [-0.4, -0.2) is 50.6 Å². The fourth-order valence-electron chi connectivity index (χ4n) is 1.97. The van der Waals surface area contributed by atoms with E-state index in [1.54, 1.807) is 0 Å². The first-order valence-corrected chi connectivity index (χ1v) is 6.64. The predicted molar refractivity (Wildman–Crippen MR) is 68.1 cm³/mol. The largest absolute Gasteiger partial charge is 0.387 e. The highest BCUT2D eigenvalue weighted by molar-refractivity contribution is 5.56. The molecule has 4 N–H and O–H groups in total. The van der Waals surface area contributed by atoms with Crippen LogP contribution >= 0.6 is 0 Å². The Balaban J connectivity index is 4.75. The van der Waals surface area contributed by atoms with Crippen molar-refractivity contribution in [1.82, 2.24) is 0 Å². The zero-order valence-electron chi connectivity index (χ0n) is 11.2. The van der Waals surface area contributed by atoms with Crippen LogP contribution in [0.1, 0.15) is 52.4 Å². The van der Waals surface area contributed by atoms with E-state index in [0.29, 0.717) is 25.7 Å². The first kappa shape index (κ1) is 17.5. The minimum Gasteiger partial charge on any atom is -0.387 e. The fourth-order valence-corrected chi connectivity index (χ4v) is 1.97. The molecule has 0 amide bonds. The van der Waals surface area contributed by atoms with Crippen molar-refractivity contribution in [2.24, 2.45) is 0 Å². The second-order valence-corrected chi connectivity index (χ2v) is 4.87. The minimum absolute atomic E-state index is 0.161. The Bertz CT molecular complexity index is 223. The summed E-state index contributed by atoms with van der Waals surface area (Å²) in [5, 5.41) is 39.2. The number of aldehydes is 1. The number of rotatable bonds is 10. The molecule has 0 aliphatic heterocycles. The Hall–Kier alpha value is -0.490. The molecule has 0 aromatic heterocycles. The first-order chi connectivity index (χ1) is 8.42. The summed E-state index contributed by atoms with van der Waals surface area (Å²) in [4.78, 5) is 10.4. The maximum Gasteiger partial charge on any atom is 0.151 e. The molecule has 0 aliphatic rings. The molecule has 0 fully saturated rings. The van der Waals surface area contributed by atoms with Gasteiger partial charge in [0.1, 0.15) is 18.3 Å². The van der Waals surface area contributed by atoms with Crippen molar-refractivity contribution in [2.45, 2.75) is 76.3 Å². The number of unbranched alkanes of at least 4 members (excludes halogenated alkanes) is 2. The van der Waals surface area contributed by atoms with Gasteiger partial charge in [0, 0.05) is 0 Å². The van der Waals surface area contributed by atoms with Gasteiger partial charge in [-0.2, -0.15) is 0 Å². The highest BCUT2D eigenvalue weighted by Crippen LogP contribution is 2.28. The Morgan fingerprint density at radius 1 is 1.06 bits per heavy atom. The van der Waals surface area contributed by atoms with Crippen LogP contribution in [-0.2, 0) is 4.79 Å². The van der Waals surface area contributed by atoms with Gasteiger partial charge in [-0.25, -0.2) is 0 Å². The number of aliphatic hydroxyl groups excluding tert-OH is 3. The third-order valence-electron chi connectivity index (χ3n) is 3.29. The van der Waals surface area contributed by atoms with Gasteiger partial charge >= 0.3 is 0 Å². The van der Waals surface area contributed by atoms with Crippen molar-refractivity contribution in [1.29, 1.82) is 0 Å². The zero-order valence-corrected chi connectivity index (χ0v) is 11.2. The molecule has 0 spiro atoms. The van der Waals surface area contributed by atoms with Crippen molar-refractivity contribution >= 4 is 6.29 Å². The molecule has 0 bridgehead atoms. The van der Waals surface area contributed by atoms with Gasteiger partial charge in [0.25, 0.3) is 0 Å². The van der Waals surface area contributed by atoms with Crippen molar-refractivity contribution in [2.75, 3.05) is 0 Å². The van der Waals surface area contributed by atoms with E-state index < -0.39 is 23.9 Å². The Morgan fingerprint density at radius 2 is 1.50 bits per heavy atom. The lowest BCUT2D eigenvalue weighted by Crippen LogP contribution is -2.53. The molecule has 3 atom stereocenters. The highest BCUT2D eigenvalue weighted by Gasteiger charge is 2.41. The molecule has 0 saturated heterocycles. The van der Waals surface area contributed by atoms with Crippen LogP contribution < -0.4 is 0 Å². The summed E-state index contributed by atoms with van der Waals surface area (Å²) in [5.74, 6) is 0. The standard InChI is InChI=1S/C13H26O5/c1-3-5-7-13(18,8-6-4-2)12(17)11(16)10(15)9-14/h9-12,15-18H,3-8H2,1-2H3/t10-,11+,12-/m0/s1. The maximum absolute atomic E-state index is 10.4. The molecule has 0 aromatic rings.